The van der Waals surface area contributed by atoms with Gasteiger partial charge in [0.2, 0.25) is 0 Å². The summed E-state index contributed by atoms with van der Waals surface area (Å²) >= 11 is 0. The molecule has 0 aromatic heterocycles. The minimum absolute atomic E-state index is 0.984. The molecule has 1 aromatic carbocycles. The molecule has 1 N–H and O–H groups in total. The van der Waals surface area contributed by atoms with Crippen molar-refractivity contribution in [2.75, 3.05) is 5.43 Å². The smallest absolute Gasteiger partial charge is 0.0561 e. The zero-order chi connectivity index (χ0) is 8.10. The zero-order valence-electron chi connectivity index (χ0n) is 6.67. The lowest BCUT2D eigenvalue weighted by molar-refractivity contribution is 1.14. The van der Waals surface area contributed by atoms with Gasteiger partial charge in [0.15, 0.2) is 0 Å². The number of hydrogen-bond donors (Lipinski definition) is 1. The normalized spacial score (nSPS) is 9.18. The molecule has 0 radical (unpaired) electrons. The summed E-state index contributed by atoms with van der Waals surface area (Å²) in [5, 5.41) is 3.56. The predicted octanol–water partition coefficient (Wildman–Crippen LogP) is 2.28. The largest absolute Gasteiger partial charge is 0.279 e. The minimum Gasteiger partial charge on any atom is -0.279 e. The molecule has 2 heteroatoms. The SMILES string of the molecule is C=NNc1ccc(CC)cc1. The van der Waals surface area contributed by atoms with Crippen LogP contribution in [-0.4, -0.2) is 6.72 Å². The number of anilines is 1. The second-order valence-electron chi connectivity index (χ2n) is 2.32. The monoisotopic (exact) mass is 148 g/mol. The molecular weight excluding hydrogens is 136 g/mol. The highest BCUT2D eigenvalue weighted by Gasteiger charge is 1.88. The molecule has 0 aliphatic carbocycles. The molecule has 1 aromatic rings. The van der Waals surface area contributed by atoms with E-state index in [0.717, 1.165) is 12.1 Å². The molecular formula is C9H12N2. The van der Waals surface area contributed by atoms with Crippen molar-refractivity contribution in [3.8, 4) is 0 Å². The van der Waals surface area contributed by atoms with Crippen LogP contribution in [0.5, 0.6) is 0 Å². The van der Waals surface area contributed by atoms with Crippen LogP contribution < -0.4 is 5.43 Å². The lowest BCUT2D eigenvalue weighted by Gasteiger charge is -1.99. The summed E-state index contributed by atoms with van der Waals surface area (Å²) in [6, 6.07) is 8.14. The molecule has 0 atom stereocenters. The van der Waals surface area contributed by atoms with Crippen molar-refractivity contribution in [1.82, 2.24) is 0 Å². The van der Waals surface area contributed by atoms with Gasteiger partial charge in [0.1, 0.15) is 0 Å². The summed E-state index contributed by atoms with van der Waals surface area (Å²) in [4.78, 5) is 0. The lowest BCUT2D eigenvalue weighted by Crippen LogP contribution is -1.86. The van der Waals surface area contributed by atoms with E-state index in [9.17, 15) is 0 Å². The molecule has 11 heavy (non-hydrogen) atoms. The van der Waals surface area contributed by atoms with Gasteiger partial charge in [0.05, 0.1) is 5.69 Å². The van der Waals surface area contributed by atoms with Gasteiger partial charge in [-0.1, -0.05) is 19.1 Å². The average molecular weight is 148 g/mol. The van der Waals surface area contributed by atoms with Gasteiger partial charge in [0.25, 0.3) is 0 Å². The van der Waals surface area contributed by atoms with Gasteiger partial charge in [-0.3, -0.25) is 5.43 Å². The van der Waals surface area contributed by atoms with Crippen LogP contribution in [0.2, 0.25) is 0 Å². The molecule has 0 saturated heterocycles. The Morgan fingerprint density at radius 1 is 1.36 bits per heavy atom. The van der Waals surface area contributed by atoms with Crippen molar-refractivity contribution in [2.24, 2.45) is 5.10 Å². The van der Waals surface area contributed by atoms with Crippen LogP contribution in [0.1, 0.15) is 12.5 Å². The zero-order valence-corrected chi connectivity index (χ0v) is 6.67. The van der Waals surface area contributed by atoms with E-state index in [0.29, 0.717) is 0 Å². The number of nitrogens with one attached hydrogen (secondary N) is 1. The fraction of sp³-hybridized carbons (Fsp3) is 0.222. The molecule has 2 nitrogen and oxygen atoms in total. The Labute approximate surface area is 66.9 Å². The predicted molar refractivity (Wildman–Crippen MR) is 49.0 cm³/mol. The van der Waals surface area contributed by atoms with Crippen molar-refractivity contribution >= 4 is 12.4 Å². The molecule has 0 amide bonds. The molecule has 0 saturated carbocycles. The summed E-state index contributed by atoms with van der Waals surface area (Å²) in [6.45, 7) is 5.47. The van der Waals surface area contributed by atoms with Crippen LogP contribution in [0.25, 0.3) is 0 Å². The summed E-state index contributed by atoms with van der Waals surface area (Å²) < 4.78 is 0. The summed E-state index contributed by atoms with van der Waals surface area (Å²) in [7, 11) is 0. The summed E-state index contributed by atoms with van der Waals surface area (Å²) in [5.74, 6) is 0. The maximum Gasteiger partial charge on any atom is 0.0561 e. The standard InChI is InChI=1S/C9H12N2/c1-3-8-4-6-9(7-5-8)11-10-2/h4-7,11H,2-3H2,1H3. The number of nitrogens with zero attached hydrogens (tertiary/aromatic N) is 1. The highest BCUT2D eigenvalue weighted by Crippen LogP contribution is 2.09. The second-order valence-corrected chi connectivity index (χ2v) is 2.32. The Morgan fingerprint density at radius 2 is 2.00 bits per heavy atom. The molecule has 0 heterocycles. The van der Waals surface area contributed by atoms with E-state index in [-0.39, 0.29) is 0 Å². The average Bonchev–Trinajstić information content (AvgIpc) is 2.07. The first kappa shape index (κ1) is 7.79. The van der Waals surface area contributed by atoms with E-state index in [1.165, 1.54) is 5.56 Å². The second kappa shape index (κ2) is 3.76. The quantitative estimate of drug-likeness (QED) is 0.516. The van der Waals surface area contributed by atoms with Gasteiger partial charge < -0.3 is 0 Å². The molecule has 58 valence electrons. The van der Waals surface area contributed by atoms with Crippen molar-refractivity contribution in [3.63, 3.8) is 0 Å². The van der Waals surface area contributed by atoms with E-state index < -0.39 is 0 Å². The first-order valence-corrected chi connectivity index (χ1v) is 3.67. The molecule has 0 aliphatic rings. The minimum atomic E-state index is 0.984. The van der Waals surface area contributed by atoms with Gasteiger partial charge in [-0.2, -0.15) is 5.10 Å². The number of benzene rings is 1. The van der Waals surface area contributed by atoms with Crippen LogP contribution in [0.15, 0.2) is 29.4 Å². The van der Waals surface area contributed by atoms with Crippen molar-refractivity contribution in [3.05, 3.63) is 29.8 Å². The topological polar surface area (TPSA) is 24.4 Å². The van der Waals surface area contributed by atoms with Gasteiger partial charge in [-0.25, -0.2) is 0 Å². The number of hydrazone groups is 1. The van der Waals surface area contributed by atoms with Crippen LogP contribution >= 0.6 is 0 Å². The lowest BCUT2D eigenvalue weighted by atomic mass is 10.2. The number of aryl methyl sites for hydroxylation is 1. The van der Waals surface area contributed by atoms with Gasteiger partial charge >= 0.3 is 0 Å². The van der Waals surface area contributed by atoms with Crippen LogP contribution in [0.4, 0.5) is 5.69 Å². The Balaban J connectivity index is 2.74. The summed E-state index contributed by atoms with van der Waals surface area (Å²) in [5.41, 5.74) is 5.09. The first-order chi connectivity index (χ1) is 5.36. The Hall–Kier alpha value is -1.31. The Morgan fingerprint density at radius 3 is 2.45 bits per heavy atom. The molecule has 0 unspecified atom stereocenters. The third kappa shape index (κ3) is 2.08. The Bertz CT molecular complexity index is 226. The van der Waals surface area contributed by atoms with Crippen LogP contribution in [-0.2, 0) is 6.42 Å². The van der Waals surface area contributed by atoms with E-state index in [1.54, 1.807) is 0 Å². The fourth-order valence-electron chi connectivity index (χ4n) is 0.906. The molecule has 0 aliphatic heterocycles. The van der Waals surface area contributed by atoms with Crippen molar-refractivity contribution < 1.29 is 0 Å². The van der Waals surface area contributed by atoms with Crippen molar-refractivity contribution in [1.29, 1.82) is 0 Å². The maximum absolute atomic E-state index is 3.56. The van der Waals surface area contributed by atoms with Gasteiger partial charge in [0, 0.05) is 6.72 Å². The number of hydrogen-bond acceptors (Lipinski definition) is 2. The van der Waals surface area contributed by atoms with Gasteiger partial charge in [-0.15, -0.1) is 0 Å². The molecule has 0 fully saturated rings. The highest BCUT2D eigenvalue weighted by molar-refractivity contribution is 5.45. The maximum atomic E-state index is 3.56. The van der Waals surface area contributed by atoms with E-state index in [2.05, 4.69) is 36.3 Å². The molecule has 0 spiro atoms. The van der Waals surface area contributed by atoms with Crippen LogP contribution in [0.3, 0.4) is 0 Å². The summed E-state index contributed by atoms with van der Waals surface area (Å²) in [6.07, 6.45) is 1.07. The van der Waals surface area contributed by atoms with E-state index in [4.69, 9.17) is 0 Å². The first-order valence-electron chi connectivity index (χ1n) is 3.67. The third-order valence-electron chi connectivity index (χ3n) is 1.57. The van der Waals surface area contributed by atoms with E-state index >= 15 is 0 Å². The number of rotatable bonds is 3. The molecule has 1 rings (SSSR count). The molecule has 0 bridgehead atoms. The van der Waals surface area contributed by atoms with Crippen molar-refractivity contribution in [2.45, 2.75) is 13.3 Å². The Kier molecular flexibility index (Phi) is 2.66. The highest BCUT2D eigenvalue weighted by atomic mass is 15.3. The van der Waals surface area contributed by atoms with Gasteiger partial charge in [-0.05, 0) is 24.1 Å². The fourth-order valence-corrected chi connectivity index (χ4v) is 0.906. The third-order valence-corrected chi connectivity index (χ3v) is 1.57. The van der Waals surface area contributed by atoms with Crippen LogP contribution in [0, 0.1) is 0 Å². The van der Waals surface area contributed by atoms with E-state index in [1.807, 2.05) is 12.1 Å².